The third-order valence-corrected chi connectivity index (χ3v) is 6.91. The first-order valence-corrected chi connectivity index (χ1v) is 14.2. The van der Waals surface area contributed by atoms with Gasteiger partial charge in [-0.15, -0.1) is 15.2 Å². The molecule has 241 valence electrons. The summed E-state index contributed by atoms with van der Waals surface area (Å²) in [7, 11) is -0.769. The Bertz CT molecular complexity index is 1100. The van der Waals surface area contributed by atoms with Gasteiger partial charge in [0.1, 0.15) is 0 Å². The predicted octanol–water partition coefficient (Wildman–Crippen LogP) is 9.03. The van der Waals surface area contributed by atoms with Crippen LogP contribution in [0.5, 0.6) is 0 Å². The van der Waals surface area contributed by atoms with E-state index in [0.717, 1.165) is 0 Å². The molecule has 0 fully saturated rings. The van der Waals surface area contributed by atoms with Gasteiger partial charge in [-0.2, -0.15) is 0 Å². The van der Waals surface area contributed by atoms with Crippen molar-refractivity contribution < 1.29 is 37.1 Å². The number of hydrogen-bond acceptors (Lipinski definition) is 0. The second-order valence-corrected chi connectivity index (χ2v) is 9.75. The second kappa shape index (κ2) is 28.9. The topological polar surface area (TPSA) is 0 Å². The molecule has 0 nitrogen and oxygen atoms in total. The summed E-state index contributed by atoms with van der Waals surface area (Å²) < 4.78 is 29.0. The molecule has 0 heterocycles. The van der Waals surface area contributed by atoms with Crippen LogP contribution in [-0.2, 0) is 19.5 Å². The van der Waals surface area contributed by atoms with Crippen LogP contribution in [0.3, 0.4) is 0 Å². The maximum Gasteiger partial charge on any atom is 0.762 e. The van der Waals surface area contributed by atoms with Gasteiger partial charge in [0.15, 0.2) is 0 Å². The van der Waals surface area contributed by atoms with Crippen LogP contribution < -0.4 is 4.70 Å². The molecule has 0 aliphatic heterocycles. The smallest absolute Gasteiger partial charge is 0.762 e. The number of benzene rings is 4. The summed E-state index contributed by atoms with van der Waals surface area (Å²) in [6, 6.07) is 41.7. The molecule has 0 bridgehead atoms. The fourth-order valence-corrected chi connectivity index (χ4v) is 4.38. The maximum absolute atomic E-state index is 9.67. The first kappa shape index (κ1) is 45.6. The van der Waals surface area contributed by atoms with E-state index in [0.29, 0.717) is 5.66 Å². The monoisotopic (exact) mass is 709 g/mol. The van der Waals surface area contributed by atoms with E-state index >= 15 is 0 Å². The van der Waals surface area contributed by atoms with E-state index < -0.39 is 7.54 Å². The Kier molecular flexibility index (Phi) is 30.0. The standard InChI is InChI=1S/C15H16P.C12H10.C8H12.2CH3.BF3.FH.Rh/c1-12(13-8-4-2-5-9-13)15(16)14-10-6-3-7-11-14;1-3-7-11(8-4-1)12-9-5-2-6-10-12;1-2-4-6-8-7-5-3-1;;;2-1(3)4;;/h2-12,15H,1,16H2;1-10H;1-2,7-8H,3-6H2;2*1H3;;1H;/q-1;;;2*-1;;;/p-1/b;;2-1-,8-7?;;;;;/t12-,15+;;;;;;;/m0......./s1. The van der Waals surface area contributed by atoms with Crippen LogP contribution >= 0.6 is 9.24 Å². The zero-order valence-corrected chi connectivity index (χ0v) is 28.3. The third-order valence-electron chi connectivity index (χ3n) is 6.06. The van der Waals surface area contributed by atoms with Crippen molar-refractivity contribution in [2.24, 2.45) is 0 Å². The van der Waals surface area contributed by atoms with E-state index in [9.17, 15) is 12.9 Å². The van der Waals surface area contributed by atoms with Crippen molar-refractivity contribution in [2.45, 2.75) is 37.3 Å². The van der Waals surface area contributed by atoms with Crippen LogP contribution in [0, 0.1) is 21.8 Å². The SMILES string of the molecule is C1=CCC/C=C\CC1.FB(F)F.[CH2-][C@@H](c1ccccc1)[C@@H](P)c1ccccc1.[CH3-].[CH3-].[F-].[Rh].c1ccc(-c2ccccc2)cc1. The number of allylic oxidation sites excluding steroid dienone is 4. The van der Waals surface area contributed by atoms with Crippen molar-refractivity contribution in [3.8, 4) is 11.1 Å². The molecule has 0 spiro atoms. The first-order valence-electron chi connectivity index (χ1n) is 13.5. The fourth-order valence-electron chi connectivity index (χ4n) is 3.93. The molecule has 0 saturated carbocycles. The van der Waals surface area contributed by atoms with E-state index in [1.807, 2.05) is 24.3 Å². The van der Waals surface area contributed by atoms with Crippen molar-refractivity contribution in [3.63, 3.8) is 0 Å². The van der Waals surface area contributed by atoms with Gasteiger partial charge in [0.05, 0.1) is 0 Å². The number of hydrogen-bond donors (Lipinski definition) is 0. The van der Waals surface area contributed by atoms with Crippen molar-refractivity contribution in [1.82, 2.24) is 0 Å². The van der Waals surface area contributed by atoms with Gasteiger partial charge >= 0.3 is 7.54 Å². The minimum atomic E-state index is -3.67. The molecule has 7 heteroatoms. The van der Waals surface area contributed by atoms with Crippen molar-refractivity contribution in [1.29, 1.82) is 0 Å². The summed E-state index contributed by atoms with van der Waals surface area (Å²) in [6.07, 6.45) is 14.0. The second-order valence-electron chi connectivity index (χ2n) is 9.03. The zero-order valence-electron chi connectivity index (χ0n) is 25.5. The first-order chi connectivity index (χ1) is 19.5. The molecule has 1 aliphatic carbocycles. The largest absolute Gasteiger partial charge is 1.00 e. The van der Waals surface area contributed by atoms with E-state index in [2.05, 4.69) is 138 Å². The van der Waals surface area contributed by atoms with Gasteiger partial charge < -0.3 is 26.5 Å². The maximum atomic E-state index is 9.67. The fraction of sp³-hybridized carbons (Fsp3) is 0.162. The Morgan fingerprint density at radius 3 is 1.07 bits per heavy atom. The van der Waals surface area contributed by atoms with Crippen molar-refractivity contribution in [2.75, 3.05) is 0 Å². The molecule has 0 amide bonds. The average Bonchev–Trinajstić information content (AvgIpc) is 2.98. The quantitative estimate of drug-likeness (QED) is 0.0653. The molecule has 44 heavy (non-hydrogen) atoms. The van der Waals surface area contributed by atoms with Crippen LogP contribution in [0.1, 0.15) is 48.4 Å². The van der Waals surface area contributed by atoms with Gasteiger partial charge in [0, 0.05) is 19.5 Å². The number of halogens is 4. The molecule has 4 aromatic rings. The molecule has 4 aromatic carbocycles. The molecule has 0 aromatic heterocycles. The normalized spacial score (nSPS) is 12.8. The Labute approximate surface area is 279 Å². The van der Waals surface area contributed by atoms with E-state index in [-0.39, 0.29) is 45.0 Å². The Morgan fingerprint density at radius 2 is 0.773 bits per heavy atom. The molecule has 1 radical (unpaired) electrons. The summed E-state index contributed by atoms with van der Waals surface area (Å²) >= 11 is 0. The van der Waals surface area contributed by atoms with Gasteiger partial charge in [-0.25, -0.2) is 0 Å². The molecule has 3 atom stereocenters. The Balaban J connectivity index is -0.000000537. The molecule has 0 N–H and O–H groups in total. The van der Waals surface area contributed by atoms with Crippen LogP contribution in [0.4, 0.5) is 12.9 Å². The molecular weight excluding hydrogens is 665 g/mol. The minimum Gasteiger partial charge on any atom is -1.00 e. The average molecular weight is 709 g/mol. The summed E-state index contributed by atoms with van der Waals surface area (Å²) in [5.74, 6) is 0.272. The Hall–Kier alpha value is -2.80. The Morgan fingerprint density at radius 1 is 0.523 bits per heavy atom. The van der Waals surface area contributed by atoms with Crippen LogP contribution in [-0.4, -0.2) is 7.54 Å². The third kappa shape index (κ3) is 20.2. The van der Waals surface area contributed by atoms with E-state index in [1.54, 1.807) is 0 Å². The molecule has 1 aliphatic rings. The molecular formula is C37H44BF4PRh-4. The van der Waals surface area contributed by atoms with Gasteiger partial charge in [-0.3, -0.25) is 12.9 Å². The molecule has 5 rings (SSSR count). The van der Waals surface area contributed by atoms with Crippen LogP contribution in [0.25, 0.3) is 11.1 Å². The minimum absolute atomic E-state index is 0. The van der Waals surface area contributed by atoms with E-state index in [1.165, 1.54) is 47.9 Å². The van der Waals surface area contributed by atoms with Crippen molar-refractivity contribution >= 4 is 16.8 Å². The molecule has 0 saturated heterocycles. The summed E-state index contributed by atoms with van der Waals surface area (Å²) in [4.78, 5) is 0. The van der Waals surface area contributed by atoms with Gasteiger partial charge in [0.25, 0.3) is 0 Å². The zero-order chi connectivity index (χ0) is 28.8. The van der Waals surface area contributed by atoms with Crippen LogP contribution in [0.15, 0.2) is 146 Å². The van der Waals surface area contributed by atoms with E-state index in [4.69, 9.17) is 0 Å². The summed E-state index contributed by atoms with van der Waals surface area (Å²) in [5.41, 5.74) is 5.52. The van der Waals surface area contributed by atoms with Crippen LogP contribution in [0.2, 0.25) is 0 Å². The predicted molar refractivity (Wildman–Crippen MR) is 184 cm³/mol. The summed E-state index contributed by atoms with van der Waals surface area (Å²) in [5, 5.41) is 0. The molecule has 1 unspecified atom stereocenters. The number of rotatable bonds is 4. The van der Waals surface area contributed by atoms with Gasteiger partial charge in [-0.05, 0) is 48.0 Å². The van der Waals surface area contributed by atoms with Crippen molar-refractivity contribution in [3.05, 3.63) is 179 Å². The van der Waals surface area contributed by atoms with Gasteiger partial charge in [0.2, 0.25) is 0 Å². The summed E-state index contributed by atoms with van der Waals surface area (Å²) in [6.45, 7) is 4.26. The van der Waals surface area contributed by atoms with Gasteiger partial charge in [-0.1, -0.05) is 151 Å².